The molecule has 0 saturated heterocycles. The largest absolute Gasteiger partial charge is 0.369 e. The molecule has 0 aromatic rings. The first-order valence-electron chi connectivity index (χ1n) is 3.19. The van der Waals surface area contributed by atoms with Gasteiger partial charge in [0.05, 0.1) is 5.92 Å². The van der Waals surface area contributed by atoms with Gasteiger partial charge in [0.15, 0.2) is 0 Å². The fourth-order valence-corrected chi connectivity index (χ4v) is 1.87. The number of allylic oxidation sites excluding steroid dienone is 1. The summed E-state index contributed by atoms with van der Waals surface area (Å²) in [5.74, 6) is 0.491. The molecule has 10 heavy (non-hydrogen) atoms. The number of hydrogen-bond donors (Lipinski definition) is 1. The van der Waals surface area contributed by atoms with Gasteiger partial charge >= 0.3 is 0 Å². The first-order valence-corrected chi connectivity index (χ1v) is 4.27. The molecule has 0 aliphatic carbocycles. The molecule has 2 heterocycles. The van der Waals surface area contributed by atoms with E-state index < -0.39 is 0 Å². The number of fused-ring (bicyclic) bond motifs is 1. The molecule has 0 aromatic heterocycles. The van der Waals surface area contributed by atoms with E-state index in [1.165, 1.54) is 3.58 Å². The molecule has 0 fully saturated rings. The van der Waals surface area contributed by atoms with E-state index in [1.54, 1.807) is 0 Å². The highest BCUT2D eigenvalue weighted by Crippen LogP contribution is 2.28. The summed E-state index contributed by atoms with van der Waals surface area (Å²) in [7, 11) is 0. The molecule has 0 spiro atoms. The van der Waals surface area contributed by atoms with E-state index in [0.717, 1.165) is 0 Å². The van der Waals surface area contributed by atoms with Crippen LogP contribution in [0.2, 0.25) is 0 Å². The Morgan fingerprint density at radius 3 is 3.30 bits per heavy atom. The molecule has 0 amide bonds. The van der Waals surface area contributed by atoms with Crippen molar-refractivity contribution in [2.24, 2.45) is 10.9 Å². The number of rotatable bonds is 0. The first kappa shape index (κ1) is 6.39. The maximum atomic E-state index is 4.26. The number of dihydropyridines is 1. The fourth-order valence-electron chi connectivity index (χ4n) is 1.16. The summed E-state index contributed by atoms with van der Waals surface area (Å²) in [6.45, 7) is 0. The van der Waals surface area contributed by atoms with Gasteiger partial charge in [-0.15, -0.1) is 0 Å². The lowest BCUT2D eigenvalue weighted by Gasteiger charge is -2.17. The maximum absolute atomic E-state index is 4.26. The van der Waals surface area contributed by atoms with Crippen LogP contribution in [0.5, 0.6) is 0 Å². The molecule has 0 saturated carbocycles. The molecule has 0 aromatic carbocycles. The minimum absolute atomic E-state index is 0.275. The van der Waals surface area contributed by atoms with E-state index in [-0.39, 0.29) is 6.17 Å². The topological polar surface area (TPSA) is 24.4 Å². The Balaban J connectivity index is 2.30. The first-order chi connectivity index (χ1) is 4.88. The lowest BCUT2D eigenvalue weighted by molar-refractivity contribution is 0.569. The van der Waals surface area contributed by atoms with Crippen LogP contribution in [0.4, 0.5) is 0 Å². The zero-order chi connectivity index (χ0) is 6.97. The van der Waals surface area contributed by atoms with Gasteiger partial charge in [0, 0.05) is 9.79 Å². The molecular weight excluding hydrogens is 239 g/mol. The van der Waals surface area contributed by atoms with Gasteiger partial charge in [-0.2, -0.15) is 0 Å². The van der Waals surface area contributed by atoms with E-state index in [0.29, 0.717) is 5.92 Å². The zero-order valence-corrected chi connectivity index (χ0v) is 7.45. The Bertz CT molecular complexity index is 230. The number of halogens is 1. The van der Waals surface area contributed by atoms with Crippen molar-refractivity contribution in [2.75, 3.05) is 0 Å². The molecule has 2 nitrogen and oxygen atoms in total. The van der Waals surface area contributed by atoms with Crippen molar-refractivity contribution < 1.29 is 0 Å². The zero-order valence-electron chi connectivity index (χ0n) is 5.29. The molecule has 0 bridgehead atoms. The third-order valence-electron chi connectivity index (χ3n) is 1.71. The smallest absolute Gasteiger partial charge is 0.129 e. The van der Waals surface area contributed by atoms with Crippen LogP contribution in [0.1, 0.15) is 0 Å². The normalized spacial score (nSPS) is 35.1. The van der Waals surface area contributed by atoms with Gasteiger partial charge in [-0.1, -0.05) is 6.08 Å². The van der Waals surface area contributed by atoms with Crippen LogP contribution < -0.4 is 5.32 Å². The second kappa shape index (κ2) is 2.38. The molecule has 3 heteroatoms. The Morgan fingerprint density at radius 2 is 2.50 bits per heavy atom. The standard InChI is InChI=1S/C7H7IN2/c8-6-2-4-10-7-5(6)1-3-9-7/h1-5,7,9H/t5-,7?/m1/s1. The minimum atomic E-state index is 0.275. The molecule has 0 radical (unpaired) electrons. The molecule has 2 rings (SSSR count). The summed E-state index contributed by atoms with van der Waals surface area (Å²) < 4.78 is 1.36. The van der Waals surface area contributed by atoms with Crippen LogP contribution in [0, 0.1) is 5.92 Å². The van der Waals surface area contributed by atoms with E-state index in [1.807, 2.05) is 12.4 Å². The quantitative estimate of drug-likeness (QED) is 0.643. The molecule has 1 N–H and O–H groups in total. The van der Waals surface area contributed by atoms with E-state index in [9.17, 15) is 0 Å². The Kier molecular flexibility index (Phi) is 1.52. The van der Waals surface area contributed by atoms with Crippen molar-refractivity contribution in [2.45, 2.75) is 6.17 Å². The number of hydrogen-bond acceptors (Lipinski definition) is 2. The van der Waals surface area contributed by atoms with Crippen molar-refractivity contribution in [1.82, 2.24) is 5.32 Å². The van der Waals surface area contributed by atoms with Crippen molar-refractivity contribution >= 4 is 28.8 Å². The van der Waals surface area contributed by atoms with Crippen LogP contribution in [0.15, 0.2) is 26.9 Å². The molecule has 52 valence electrons. The predicted molar refractivity (Wildman–Crippen MR) is 50.1 cm³/mol. The van der Waals surface area contributed by atoms with Crippen molar-refractivity contribution in [3.05, 3.63) is 21.9 Å². The van der Waals surface area contributed by atoms with E-state index >= 15 is 0 Å². The van der Waals surface area contributed by atoms with Gasteiger partial charge in [-0.05, 0) is 34.9 Å². The number of nitrogens with zero attached hydrogens (tertiary/aromatic N) is 1. The summed E-state index contributed by atoms with van der Waals surface area (Å²) in [5.41, 5.74) is 0. The highest BCUT2D eigenvalue weighted by Gasteiger charge is 2.24. The molecule has 1 unspecified atom stereocenters. The Hall–Kier alpha value is -0.320. The second-order valence-corrected chi connectivity index (χ2v) is 3.59. The van der Waals surface area contributed by atoms with Crippen LogP contribution in [0.3, 0.4) is 0 Å². The minimum Gasteiger partial charge on any atom is -0.369 e. The van der Waals surface area contributed by atoms with Gasteiger partial charge in [-0.3, -0.25) is 4.99 Å². The highest BCUT2D eigenvalue weighted by molar-refractivity contribution is 14.1. The predicted octanol–water partition coefficient (Wildman–Crippen LogP) is 1.45. The van der Waals surface area contributed by atoms with Crippen LogP contribution in [0.25, 0.3) is 0 Å². The van der Waals surface area contributed by atoms with E-state index in [4.69, 9.17) is 0 Å². The highest BCUT2D eigenvalue weighted by atomic mass is 127. The molecule has 2 aliphatic rings. The van der Waals surface area contributed by atoms with Gasteiger partial charge in [0.1, 0.15) is 6.17 Å². The van der Waals surface area contributed by atoms with Crippen LogP contribution in [-0.2, 0) is 0 Å². The lowest BCUT2D eigenvalue weighted by Crippen LogP contribution is -2.26. The van der Waals surface area contributed by atoms with Crippen LogP contribution in [-0.4, -0.2) is 12.4 Å². The maximum Gasteiger partial charge on any atom is 0.129 e. The summed E-state index contributed by atoms with van der Waals surface area (Å²) in [4.78, 5) is 4.26. The fraction of sp³-hybridized carbons (Fsp3) is 0.286. The molecule has 2 aliphatic heterocycles. The van der Waals surface area contributed by atoms with Crippen molar-refractivity contribution in [3.8, 4) is 0 Å². The summed E-state index contributed by atoms with van der Waals surface area (Å²) in [6, 6.07) is 0. The average molecular weight is 246 g/mol. The third kappa shape index (κ3) is 0.885. The summed E-state index contributed by atoms with van der Waals surface area (Å²) >= 11 is 2.35. The van der Waals surface area contributed by atoms with Crippen molar-refractivity contribution in [1.29, 1.82) is 0 Å². The van der Waals surface area contributed by atoms with Gasteiger partial charge in [-0.25, -0.2) is 0 Å². The SMILES string of the molecule is IC1=CC=NC2NC=C[C@H]12. The average Bonchev–Trinajstić information content (AvgIpc) is 2.36. The number of nitrogens with one attached hydrogen (secondary N) is 1. The van der Waals surface area contributed by atoms with E-state index in [2.05, 4.69) is 45.1 Å². The molecule has 2 atom stereocenters. The Morgan fingerprint density at radius 1 is 1.60 bits per heavy atom. The van der Waals surface area contributed by atoms with Gasteiger partial charge < -0.3 is 5.32 Å². The van der Waals surface area contributed by atoms with Gasteiger partial charge in [0.2, 0.25) is 0 Å². The van der Waals surface area contributed by atoms with Gasteiger partial charge in [0.25, 0.3) is 0 Å². The summed E-state index contributed by atoms with van der Waals surface area (Å²) in [5, 5.41) is 3.16. The van der Waals surface area contributed by atoms with Crippen LogP contribution >= 0.6 is 22.6 Å². The lowest BCUT2D eigenvalue weighted by atomic mass is 10.1. The van der Waals surface area contributed by atoms with Crippen molar-refractivity contribution in [3.63, 3.8) is 0 Å². The number of aliphatic imine (C=N–C) groups is 1. The Labute approximate surface area is 73.2 Å². The summed E-state index contributed by atoms with van der Waals surface area (Å²) in [6.07, 6.45) is 8.32. The second-order valence-electron chi connectivity index (χ2n) is 2.35. The third-order valence-corrected chi connectivity index (χ3v) is 2.79. The monoisotopic (exact) mass is 246 g/mol. The molecular formula is C7H7IN2.